The highest BCUT2D eigenvalue weighted by molar-refractivity contribution is 7.90. The Morgan fingerprint density at radius 1 is 1.00 bits per heavy atom. The molecule has 10 heteroatoms. The van der Waals surface area contributed by atoms with Crippen LogP contribution in [0.25, 0.3) is 0 Å². The number of piperidine rings is 1. The number of amides is 2. The predicted molar refractivity (Wildman–Crippen MR) is 162 cm³/mol. The Balaban J connectivity index is 1.16. The van der Waals surface area contributed by atoms with Crippen LogP contribution in [0.15, 0.2) is 47.4 Å². The predicted octanol–water partition coefficient (Wildman–Crippen LogP) is 5.65. The van der Waals surface area contributed by atoms with Crippen molar-refractivity contribution in [2.24, 2.45) is 11.3 Å². The van der Waals surface area contributed by atoms with Crippen LogP contribution >= 0.6 is 23.2 Å². The molecule has 0 radical (unpaired) electrons. The third kappa shape index (κ3) is 7.10. The molecular formula is C31H39Cl2N3O4S. The van der Waals surface area contributed by atoms with Crippen molar-refractivity contribution < 1.29 is 18.0 Å². The van der Waals surface area contributed by atoms with Crippen LogP contribution in [0.4, 0.5) is 0 Å². The Kier molecular flexibility index (Phi) is 9.34. The van der Waals surface area contributed by atoms with E-state index in [1.165, 1.54) is 6.26 Å². The normalized spacial score (nSPS) is 20.6. The monoisotopic (exact) mass is 619 g/mol. The summed E-state index contributed by atoms with van der Waals surface area (Å²) < 4.78 is 23.5. The topological polar surface area (TPSA) is 86.8 Å². The van der Waals surface area contributed by atoms with Crippen molar-refractivity contribution in [3.05, 3.63) is 63.6 Å². The fraction of sp³-hybridized carbons (Fsp3) is 0.548. The first-order valence-electron chi connectivity index (χ1n) is 14.6. The van der Waals surface area contributed by atoms with E-state index in [9.17, 15) is 18.0 Å². The van der Waals surface area contributed by atoms with Crippen LogP contribution in [0.5, 0.6) is 0 Å². The molecule has 41 heavy (non-hydrogen) atoms. The minimum absolute atomic E-state index is 0.0871. The minimum Gasteiger partial charge on any atom is -0.349 e. The van der Waals surface area contributed by atoms with Crippen molar-refractivity contribution in [3.63, 3.8) is 0 Å². The van der Waals surface area contributed by atoms with Gasteiger partial charge in [-0.1, -0.05) is 54.2 Å². The van der Waals surface area contributed by atoms with Gasteiger partial charge in [0.05, 0.1) is 26.4 Å². The molecule has 1 aliphatic carbocycles. The first-order chi connectivity index (χ1) is 19.5. The SMILES string of the molecule is CS(=O)(=O)c1ccc(CN2CCC3(CCN(CCC(NC(=O)C4CCCC4)c4ccc(Cl)c(Cl)c4)CC3)C2=O)cc1. The highest BCUT2D eigenvalue weighted by Gasteiger charge is 2.47. The number of carbonyl (C=O) groups is 2. The molecule has 222 valence electrons. The Morgan fingerprint density at radius 2 is 1.66 bits per heavy atom. The molecule has 2 saturated heterocycles. The number of carbonyl (C=O) groups excluding carboxylic acids is 2. The van der Waals surface area contributed by atoms with Crippen molar-refractivity contribution in [2.75, 3.05) is 32.4 Å². The molecule has 1 spiro atoms. The van der Waals surface area contributed by atoms with E-state index in [0.717, 1.165) is 88.7 Å². The Bertz CT molecular complexity index is 1370. The molecule has 5 rings (SSSR count). The number of hydrogen-bond donors (Lipinski definition) is 1. The summed E-state index contributed by atoms with van der Waals surface area (Å²) in [6.07, 6.45) is 8.56. The smallest absolute Gasteiger partial charge is 0.229 e. The van der Waals surface area contributed by atoms with Gasteiger partial charge in [-0.05, 0) is 87.0 Å². The van der Waals surface area contributed by atoms with Crippen molar-refractivity contribution in [2.45, 2.75) is 68.8 Å². The van der Waals surface area contributed by atoms with E-state index in [1.54, 1.807) is 30.3 Å². The number of hydrogen-bond acceptors (Lipinski definition) is 5. The van der Waals surface area contributed by atoms with E-state index in [0.29, 0.717) is 16.6 Å². The fourth-order valence-electron chi connectivity index (χ4n) is 6.62. The first-order valence-corrected chi connectivity index (χ1v) is 17.2. The van der Waals surface area contributed by atoms with E-state index in [-0.39, 0.29) is 34.1 Å². The van der Waals surface area contributed by atoms with E-state index in [1.807, 2.05) is 17.0 Å². The van der Waals surface area contributed by atoms with Crippen LogP contribution in [0.2, 0.25) is 10.0 Å². The number of sulfone groups is 1. The molecule has 2 aromatic carbocycles. The molecule has 2 heterocycles. The molecule has 0 bridgehead atoms. The van der Waals surface area contributed by atoms with E-state index in [4.69, 9.17) is 23.2 Å². The van der Waals surface area contributed by atoms with Gasteiger partial charge in [-0.3, -0.25) is 9.59 Å². The van der Waals surface area contributed by atoms with Gasteiger partial charge in [0.25, 0.3) is 0 Å². The van der Waals surface area contributed by atoms with Crippen molar-refractivity contribution in [3.8, 4) is 0 Å². The second kappa shape index (κ2) is 12.6. The molecule has 3 aliphatic rings. The maximum Gasteiger partial charge on any atom is 0.229 e. The van der Waals surface area contributed by atoms with Crippen molar-refractivity contribution in [1.29, 1.82) is 0 Å². The van der Waals surface area contributed by atoms with Crippen LogP contribution in [0, 0.1) is 11.3 Å². The zero-order valence-electron chi connectivity index (χ0n) is 23.6. The Hall–Kier alpha value is -2.13. The summed E-state index contributed by atoms with van der Waals surface area (Å²) >= 11 is 12.5. The van der Waals surface area contributed by atoms with Gasteiger partial charge in [-0.15, -0.1) is 0 Å². The van der Waals surface area contributed by atoms with Crippen LogP contribution in [0.3, 0.4) is 0 Å². The van der Waals surface area contributed by atoms with Crippen LogP contribution < -0.4 is 5.32 Å². The summed E-state index contributed by atoms with van der Waals surface area (Å²) in [7, 11) is -3.24. The van der Waals surface area contributed by atoms with Crippen LogP contribution in [-0.4, -0.2) is 62.5 Å². The third-order valence-corrected chi connectivity index (χ3v) is 11.1. The van der Waals surface area contributed by atoms with Crippen LogP contribution in [-0.2, 0) is 26.0 Å². The van der Waals surface area contributed by atoms with Gasteiger partial charge in [0.1, 0.15) is 0 Å². The van der Waals surface area contributed by atoms with E-state index < -0.39 is 9.84 Å². The van der Waals surface area contributed by atoms with Gasteiger partial charge in [0, 0.05) is 31.8 Å². The lowest BCUT2D eigenvalue weighted by atomic mass is 9.77. The van der Waals surface area contributed by atoms with Gasteiger partial charge >= 0.3 is 0 Å². The van der Waals surface area contributed by atoms with Crippen LogP contribution in [0.1, 0.15) is 68.5 Å². The minimum atomic E-state index is -3.24. The molecule has 1 atom stereocenters. The van der Waals surface area contributed by atoms with Gasteiger partial charge in [0.2, 0.25) is 11.8 Å². The van der Waals surface area contributed by atoms with Gasteiger partial charge in [-0.2, -0.15) is 0 Å². The molecule has 2 aliphatic heterocycles. The van der Waals surface area contributed by atoms with E-state index >= 15 is 0 Å². The Labute approximate surface area is 253 Å². The molecule has 1 unspecified atom stereocenters. The number of nitrogens with one attached hydrogen (secondary N) is 1. The summed E-state index contributed by atoms with van der Waals surface area (Å²) in [4.78, 5) is 31.1. The molecular weight excluding hydrogens is 581 g/mol. The van der Waals surface area contributed by atoms with Crippen molar-refractivity contribution in [1.82, 2.24) is 15.1 Å². The fourth-order valence-corrected chi connectivity index (χ4v) is 7.55. The first kappa shape index (κ1) is 30.3. The second-order valence-corrected chi connectivity index (χ2v) is 14.8. The lowest BCUT2D eigenvalue weighted by Crippen LogP contribution is -2.45. The standard InChI is InChI=1S/C31H39Cl2N3O4S/c1-41(39,40)25-9-6-22(7-10-25)21-36-19-15-31(30(36)38)13-17-35(18-14-31)16-12-28(24-8-11-26(32)27(33)20-24)34-29(37)23-4-2-3-5-23/h6-11,20,23,28H,2-5,12-19,21H2,1H3,(H,34,37). The molecule has 1 N–H and O–H groups in total. The average Bonchev–Trinajstić information content (AvgIpc) is 3.59. The average molecular weight is 621 g/mol. The Morgan fingerprint density at radius 3 is 2.29 bits per heavy atom. The maximum absolute atomic E-state index is 13.5. The molecule has 2 aromatic rings. The summed E-state index contributed by atoms with van der Waals surface area (Å²) in [5.74, 6) is 0.421. The van der Waals surface area contributed by atoms with Gasteiger partial charge in [-0.25, -0.2) is 8.42 Å². The number of halogens is 2. The van der Waals surface area contributed by atoms with Gasteiger partial charge in [0.15, 0.2) is 9.84 Å². The number of likely N-dealkylation sites (tertiary alicyclic amines) is 2. The summed E-state index contributed by atoms with van der Waals surface area (Å²) in [5, 5.41) is 4.28. The number of nitrogens with zero attached hydrogens (tertiary/aromatic N) is 2. The summed E-state index contributed by atoms with van der Waals surface area (Å²) in [5.41, 5.74) is 1.59. The molecule has 0 aromatic heterocycles. The molecule has 7 nitrogen and oxygen atoms in total. The lowest BCUT2D eigenvalue weighted by Gasteiger charge is -2.38. The maximum atomic E-state index is 13.5. The second-order valence-electron chi connectivity index (χ2n) is 12.0. The number of rotatable bonds is 9. The van der Waals surface area contributed by atoms with Gasteiger partial charge < -0.3 is 15.1 Å². The van der Waals surface area contributed by atoms with Crippen molar-refractivity contribution >= 4 is 44.9 Å². The highest BCUT2D eigenvalue weighted by atomic mass is 35.5. The number of benzene rings is 2. The highest BCUT2D eigenvalue weighted by Crippen LogP contribution is 2.42. The quantitative estimate of drug-likeness (QED) is 0.392. The lowest BCUT2D eigenvalue weighted by molar-refractivity contribution is -0.139. The summed E-state index contributed by atoms with van der Waals surface area (Å²) in [6, 6.07) is 12.3. The molecule has 3 fully saturated rings. The summed E-state index contributed by atoms with van der Waals surface area (Å²) in [6.45, 7) is 3.72. The van der Waals surface area contributed by atoms with E-state index in [2.05, 4.69) is 10.2 Å². The molecule has 1 saturated carbocycles. The largest absolute Gasteiger partial charge is 0.349 e. The zero-order valence-corrected chi connectivity index (χ0v) is 25.9. The zero-order chi connectivity index (χ0) is 29.2. The molecule has 2 amide bonds. The third-order valence-electron chi connectivity index (χ3n) is 9.26.